The average molecular weight is 1270 g/mol. The SMILES string of the molecule is CC[C@H](C)[C@H](NC(=O)[C@H](Cc1ccc(O)cc1)NC(=O)[C@H](CCC(N)=O)NC(=O)[C@H](Cc1ccc(O)cc1)NC(=O)[C@@H](NC(=O)[C@@H](NC(=O)[C@@H](N)CCSC)C(C)C)[C@@H](C)CC)C(=O)N[C@@H](CC(=O)O)C(=O)N[C@@H](CC(=O)O)C(=O)N[C@@H](CC(C)C)C(=O)O. The van der Waals surface area contributed by atoms with E-state index in [-0.39, 0.29) is 43.1 Å². The predicted molar refractivity (Wildman–Crippen MR) is 326 cm³/mol. The van der Waals surface area contributed by atoms with Gasteiger partial charge < -0.3 is 84.9 Å². The fraction of sp³-hybridized carbons (Fsp3) is 0.576. The molecule has 0 radical (unpaired) electrons. The number of hydrogen-bond donors (Lipinski definition) is 16. The van der Waals surface area contributed by atoms with E-state index in [1.54, 1.807) is 48.5 Å². The highest BCUT2D eigenvalue weighted by Crippen LogP contribution is 2.18. The summed E-state index contributed by atoms with van der Waals surface area (Å²) in [5, 5.41) is 71.4. The van der Waals surface area contributed by atoms with Crippen molar-refractivity contribution in [3.8, 4) is 11.5 Å². The molecule has 0 unspecified atom stereocenters. The largest absolute Gasteiger partial charge is 0.508 e. The molecule has 0 saturated carbocycles. The first-order valence-corrected chi connectivity index (χ1v) is 30.6. The predicted octanol–water partition coefficient (Wildman–Crippen LogP) is -0.580. The lowest BCUT2D eigenvalue weighted by atomic mass is 9.95. The van der Waals surface area contributed by atoms with Crippen LogP contribution in [-0.2, 0) is 75.2 Å². The van der Waals surface area contributed by atoms with Crippen molar-refractivity contribution in [2.75, 3.05) is 12.0 Å². The molecule has 2 aromatic carbocycles. The quantitative estimate of drug-likeness (QED) is 0.0397. The van der Waals surface area contributed by atoms with E-state index >= 15 is 0 Å². The molecule has 89 heavy (non-hydrogen) atoms. The van der Waals surface area contributed by atoms with Crippen molar-refractivity contribution >= 4 is 88.7 Å². The van der Waals surface area contributed by atoms with Gasteiger partial charge in [-0.25, -0.2) is 4.79 Å². The minimum Gasteiger partial charge on any atom is -0.508 e. The third-order valence-corrected chi connectivity index (χ3v) is 15.1. The Labute approximate surface area is 520 Å². The Kier molecular flexibility index (Phi) is 32.7. The number of carbonyl (C=O) groups excluding carboxylic acids is 10. The number of phenolic OH excluding ortho intramolecular Hbond substituents is 2. The van der Waals surface area contributed by atoms with Gasteiger partial charge in [-0.1, -0.05) is 92.5 Å². The molecule has 0 aliphatic carbocycles. The van der Waals surface area contributed by atoms with Crippen molar-refractivity contribution in [3.63, 3.8) is 0 Å². The normalized spacial score (nSPS) is 15.2. The van der Waals surface area contributed by atoms with E-state index in [1.807, 2.05) is 6.26 Å². The molecule has 12 atom stereocenters. The van der Waals surface area contributed by atoms with E-state index in [0.717, 1.165) is 0 Å². The lowest BCUT2D eigenvalue weighted by Crippen LogP contribution is -2.62. The summed E-state index contributed by atoms with van der Waals surface area (Å²) in [6.07, 6.45) is -1.35. The lowest BCUT2D eigenvalue weighted by molar-refractivity contribution is -0.145. The Hall–Kier alpha value is -8.54. The number of hydrogen-bond acceptors (Lipinski definition) is 17. The molecule has 29 nitrogen and oxygen atoms in total. The number of benzene rings is 2. The summed E-state index contributed by atoms with van der Waals surface area (Å²) in [6, 6.07) is -4.57. The van der Waals surface area contributed by atoms with E-state index < -0.39 is 181 Å². The summed E-state index contributed by atoms with van der Waals surface area (Å²) in [4.78, 5) is 175. The molecular formula is C59H89N11O18S. The zero-order valence-corrected chi connectivity index (χ0v) is 52.4. The van der Waals surface area contributed by atoms with E-state index in [4.69, 9.17) is 11.5 Å². The van der Waals surface area contributed by atoms with E-state index in [0.29, 0.717) is 29.7 Å². The Morgan fingerprint density at radius 2 is 0.809 bits per heavy atom. The second-order valence-corrected chi connectivity index (χ2v) is 23.6. The number of carboxylic acid groups (broad SMARTS) is 3. The van der Waals surface area contributed by atoms with Gasteiger partial charge in [-0.15, -0.1) is 0 Å². The maximum absolute atomic E-state index is 14.7. The number of primary amides is 1. The van der Waals surface area contributed by atoms with Crippen LogP contribution in [0.1, 0.15) is 118 Å². The number of amides is 10. The van der Waals surface area contributed by atoms with Crippen molar-refractivity contribution in [3.05, 3.63) is 59.7 Å². The van der Waals surface area contributed by atoms with Gasteiger partial charge in [0, 0.05) is 19.3 Å². The van der Waals surface area contributed by atoms with Crippen LogP contribution < -0.4 is 59.3 Å². The number of aliphatic carboxylic acids is 3. The third-order valence-electron chi connectivity index (χ3n) is 14.5. The summed E-state index contributed by atoms with van der Waals surface area (Å²) in [5.74, 6) is -16.6. The maximum Gasteiger partial charge on any atom is 0.326 e. The van der Waals surface area contributed by atoms with E-state index in [2.05, 4.69) is 47.9 Å². The van der Waals surface area contributed by atoms with Crippen molar-refractivity contribution < 1.29 is 87.9 Å². The van der Waals surface area contributed by atoms with Crippen LogP contribution in [0.5, 0.6) is 11.5 Å². The number of aromatic hydroxyl groups is 2. The maximum atomic E-state index is 14.7. The molecule has 0 heterocycles. The standard InChI is InChI=1S/C59H89N11O18S/c1-10-31(7)48(57(85)66-42(28-46(76)77)53(81)64-41(27-45(74)75)54(82)67-43(59(87)88)24-29(3)4)69-55(83)40(26-34-14-18-36(72)19-15-34)63-51(79)38(20-21-44(61)73)62-52(80)39(25-33-12-16-35(71)17-13-33)65-58(86)49(32(8)11-2)70-56(84)47(30(5)6)68-50(78)37(60)22-23-89-9/h12-19,29-32,37-43,47-49,71-72H,10-11,20-28,60H2,1-9H3,(H2,61,73)(H,62,80)(H,63,79)(H,64,81)(H,65,86)(H,66,85)(H,67,82)(H,68,78)(H,69,83)(H,70,84)(H,74,75)(H,76,77)(H,87,88)/t31-,32-,37-,38-,39-,40-,41-,42-,43-,47-,48-,49-/m0/s1. The van der Waals surface area contributed by atoms with Crippen molar-refractivity contribution in [2.24, 2.45) is 35.1 Å². The molecule has 18 N–H and O–H groups in total. The van der Waals surface area contributed by atoms with Gasteiger partial charge in [-0.3, -0.25) is 57.5 Å². The average Bonchev–Trinajstić information content (AvgIpc) is 2.41. The highest BCUT2D eigenvalue weighted by atomic mass is 32.2. The molecular weight excluding hydrogens is 1180 g/mol. The van der Waals surface area contributed by atoms with Crippen LogP contribution in [0.4, 0.5) is 0 Å². The Morgan fingerprint density at radius 3 is 1.20 bits per heavy atom. The molecule has 30 heteroatoms. The zero-order valence-electron chi connectivity index (χ0n) is 51.6. The molecule has 2 rings (SSSR count). The summed E-state index contributed by atoms with van der Waals surface area (Å²) in [5.41, 5.74) is 12.3. The van der Waals surface area contributed by atoms with Crippen LogP contribution in [0, 0.1) is 23.7 Å². The molecule has 2 aromatic rings. The van der Waals surface area contributed by atoms with Crippen molar-refractivity contribution in [1.82, 2.24) is 47.9 Å². The van der Waals surface area contributed by atoms with Gasteiger partial charge in [0.25, 0.3) is 0 Å². The Balaban J connectivity index is 2.64. The van der Waals surface area contributed by atoms with Crippen LogP contribution in [0.15, 0.2) is 48.5 Å². The molecule has 0 saturated heterocycles. The van der Waals surface area contributed by atoms with Crippen molar-refractivity contribution in [2.45, 2.75) is 180 Å². The molecule has 494 valence electrons. The minimum absolute atomic E-state index is 0.0874. The molecule has 10 amide bonds. The topological polar surface area (TPSA) is 483 Å². The van der Waals surface area contributed by atoms with Crippen LogP contribution >= 0.6 is 11.8 Å². The fourth-order valence-corrected chi connectivity index (χ4v) is 9.34. The lowest BCUT2D eigenvalue weighted by Gasteiger charge is -2.30. The fourth-order valence-electron chi connectivity index (χ4n) is 8.85. The minimum atomic E-state index is -2.04. The van der Waals surface area contributed by atoms with Crippen molar-refractivity contribution in [1.29, 1.82) is 0 Å². The van der Waals surface area contributed by atoms with Gasteiger partial charge in [0.1, 0.15) is 65.9 Å². The van der Waals surface area contributed by atoms with Crippen LogP contribution in [0.3, 0.4) is 0 Å². The Morgan fingerprint density at radius 1 is 0.461 bits per heavy atom. The number of carboxylic acids is 3. The second-order valence-electron chi connectivity index (χ2n) is 22.6. The number of phenols is 2. The summed E-state index contributed by atoms with van der Waals surface area (Å²) < 4.78 is 0. The number of rotatable bonds is 40. The summed E-state index contributed by atoms with van der Waals surface area (Å²) >= 11 is 1.49. The first-order valence-electron chi connectivity index (χ1n) is 29.2. The molecule has 0 fully saturated rings. The van der Waals surface area contributed by atoms with Gasteiger partial charge in [-0.05, 0) is 90.3 Å². The monoisotopic (exact) mass is 1270 g/mol. The first-order chi connectivity index (χ1) is 41.7. The number of thioether (sulfide) groups is 1. The van der Waals surface area contributed by atoms with Gasteiger partial charge >= 0.3 is 17.9 Å². The van der Waals surface area contributed by atoms with Crippen LogP contribution in [-0.4, -0.2) is 175 Å². The zero-order chi connectivity index (χ0) is 67.4. The first kappa shape index (κ1) is 76.6. The molecule has 0 bridgehead atoms. The summed E-state index contributed by atoms with van der Waals surface area (Å²) in [7, 11) is 0. The molecule has 0 aromatic heterocycles. The van der Waals surface area contributed by atoms with Gasteiger partial charge in [-0.2, -0.15) is 11.8 Å². The van der Waals surface area contributed by atoms with Crippen LogP contribution in [0.2, 0.25) is 0 Å². The number of nitrogens with one attached hydrogen (secondary N) is 9. The smallest absolute Gasteiger partial charge is 0.326 e. The van der Waals surface area contributed by atoms with Crippen LogP contribution in [0.25, 0.3) is 0 Å². The van der Waals surface area contributed by atoms with Gasteiger partial charge in [0.2, 0.25) is 59.1 Å². The number of nitrogens with two attached hydrogens (primary N) is 2. The molecule has 0 aliphatic rings. The van der Waals surface area contributed by atoms with E-state index in [9.17, 15) is 87.9 Å². The second kappa shape index (κ2) is 38.0. The molecule has 0 aliphatic heterocycles. The Bertz CT molecular complexity index is 2770. The highest BCUT2D eigenvalue weighted by molar-refractivity contribution is 7.98. The number of carbonyl (C=O) groups is 13. The molecule has 0 spiro atoms. The third kappa shape index (κ3) is 27.2. The van der Waals surface area contributed by atoms with Gasteiger partial charge in [0.05, 0.1) is 18.9 Å². The van der Waals surface area contributed by atoms with E-state index in [1.165, 1.54) is 67.2 Å². The van der Waals surface area contributed by atoms with Gasteiger partial charge in [0.15, 0.2) is 0 Å². The summed E-state index contributed by atoms with van der Waals surface area (Å²) in [6.45, 7) is 13.2. The highest BCUT2D eigenvalue weighted by Gasteiger charge is 2.39.